The maximum atomic E-state index is 6.51. The van der Waals surface area contributed by atoms with Crippen LogP contribution in [0.5, 0.6) is 0 Å². The van der Waals surface area contributed by atoms with E-state index in [1.165, 1.54) is 51.3 Å². The second-order valence-electron chi connectivity index (χ2n) is 7.90. The molecule has 3 rings (SSSR count). The Bertz CT molecular complexity index is 927. The van der Waals surface area contributed by atoms with E-state index in [4.69, 9.17) is 5.73 Å². The Hall–Kier alpha value is -2.13. The molecular formula is C26H34N2S. The number of benzene rings is 2. The maximum absolute atomic E-state index is 6.51. The molecule has 3 N–H and O–H groups in total. The van der Waals surface area contributed by atoms with Crippen LogP contribution < -0.4 is 11.1 Å². The van der Waals surface area contributed by atoms with Gasteiger partial charge in [0.05, 0.1) is 5.69 Å². The first-order valence-corrected chi connectivity index (χ1v) is 11.8. The summed E-state index contributed by atoms with van der Waals surface area (Å²) in [7, 11) is 0. The average molecular weight is 407 g/mol. The molecule has 2 nitrogen and oxygen atoms in total. The molecule has 0 aliphatic carbocycles. The van der Waals surface area contributed by atoms with Crippen LogP contribution in [0.1, 0.15) is 68.2 Å². The van der Waals surface area contributed by atoms with Gasteiger partial charge in [0.15, 0.2) is 0 Å². The van der Waals surface area contributed by atoms with Crippen LogP contribution in [0.4, 0.5) is 5.69 Å². The van der Waals surface area contributed by atoms with E-state index in [0.717, 1.165) is 29.8 Å². The third-order valence-corrected chi connectivity index (χ3v) is 7.04. The first kappa shape index (κ1) is 21.6. The van der Waals surface area contributed by atoms with Gasteiger partial charge >= 0.3 is 0 Å². The van der Waals surface area contributed by atoms with E-state index in [-0.39, 0.29) is 0 Å². The summed E-state index contributed by atoms with van der Waals surface area (Å²) >= 11 is 1.99. The highest BCUT2D eigenvalue weighted by atomic mass is 32.2. The fraction of sp³-hybridized carbons (Fsp3) is 0.385. The van der Waals surface area contributed by atoms with E-state index in [2.05, 4.69) is 69.9 Å². The van der Waals surface area contributed by atoms with Gasteiger partial charge in [-0.3, -0.25) is 0 Å². The van der Waals surface area contributed by atoms with Crippen LogP contribution >= 0.6 is 11.8 Å². The Labute approximate surface area is 180 Å². The molecule has 1 aliphatic heterocycles. The van der Waals surface area contributed by atoms with Crippen molar-refractivity contribution in [3.63, 3.8) is 0 Å². The van der Waals surface area contributed by atoms with Crippen molar-refractivity contribution in [2.75, 3.05) is 11.1 Å². The SMILES string of the molecule is C=CNc1c(/C(N)=C/CC)c(C)cc(-c2ccc3c(c2)SCCC3)c1C(C)CC. The summed E-state index contributed by atoms with van der Waals surface area (Å²) in [6.07, 6.45) is 8.33. The minimum Gasteiger partial charge on any atom is -0.398 e. The quantitative estimate of drug-likeness (QED) is 0.500. The van der Waals surface area contributed by atoms with Gasteiger partial charge in [0, 0.05) is 16.2 Å². The van der Waals surface area contributed by atoms with Gasteiger partial charge in [-0.15, -0.1) is 11.8 Å². The van der Waals surface area contributed by atoms with Gasteiger partial charge in [-0.1, -0.05) is 51.6 Å². The molecule has 0 radical (unpaired) electrons. The predicted octanol–water partition coefficient (Wildman–Crippen LogP) is 7.48. The lowest BCUT2D eigenvalue weighted by molar-refractivity contribution is 0.736. The molecule has 1 aliphatic rings. The number of fused-ring (bicyclic) bond motifs is 1. The fourth-order valence-electron chi connectivity index (χ4n) is 4.24. The number of anilines is 1. The lowest BCUT2D eigenvalue weighted by Crippen LogP contribution is -2.10. The number of aryl methyl sites for hydroxylation is 2. The number of hydrogen-bond donors (Lipinski definition) is 2. The highest BCUT2D eigenvalue weighted by Gasteiger charge is 2.22. The van der Waals surface area contributed by atoms with Gasteiger partial charge in [0.25, 0.3) is 0 Å². The number of nitrogens with one attached hydrogen (secondary N) is 1. The Morgan fingerprint density at radius 2 is 2.10 bits per heavy atom. The van der Waals surface area contributed by atoms with Gasteiger partial charge in [-0.2, -0.15) is 0 Å². The Morgan fingerprint density at radius 1 is 1.31 bits per heavy atom. The molecule has 0 bridgehead atoms. The number of nitrogens with two attached hydrogens (primary N) is 1. The first-order chi connectivity index (χ1) is 14.0. The second-order valence-corrected chi connectivity index (χ2v) is 9.04. The van der Waals surface area contributed by atoms with Crippen molar-refractivity contribution >= 4 is 23.1 Å². The lowest BCUT2D eigenvalue weighted by Gasteiger charge is -2.26. The number of hydrogen-bond acceptors (Lipinski definition) is 3. The fourth-order valence-corrected chi connectivity index (χ4v) is 5.32. The molecule has 29 heavy (non-hydrogen) atoms. The summed E-state index contributed by atoms with van der Waals surface area (Å²) in [5, 5.41) is 3.45. The Kier molecular flexibility index (Phi) is 7.13. The summed E-state index contributed by atoms with van der Waals surface area (Å²) in [5.74, 6) is 1.62. The minimum absolute atomic E-state index is 0.407. The monoisotopic (exact) mass is 406 g/mol. The molecule has 1 unspecified atom stereocenters. The summed E-state index contributed by atoms with van der Waals surface area (Å²) < 4.78 is 0. The third kappa shape index (κ3) is 4.40. The number of rotatable bonds is 7. The van der Waals surface area contributed by atoms with Crippen LogP contribution in [0.2, 0.25) is 0 Å². The molecule has 0 saturated carbocycles. The molecule has 154 valence electrons. The smallest absolute Gasteiger partial charge is 0.0518 e. The van der Waals surface area contributed by atoms with Gasteiger partial charge in [0.2, 0.25) is 0 Å². The molecule has 2 aromatic rings. The molecule has 0 amide bonds. The van der Waals surface area contributed by atoms with Crippen molar-refractivity contribution in [2.24, 2.45) is 5.73 Å². The van der Waals surface area contributed by atoms with E-state index in [1.807, 2.05) is 11.8 Å². The van der Waals surface area contributed by atoms with E-state index in [0.29, 0.717) is 5.92 Å². The van der Waals surface area contributed by atoms with Crippen molar-refractivity contribution in [3.05, 3.63) is 65.4 Å². The van der Waals surface area contributed by atoms with E-state index >= 15 is 0 Å². The van der Waals surface area contributed by atoms with Crippen LogP contribution in [-0.4, -0.2) is 5.75 Å². The van der Waals surface area contributed by atoms with E-state index in [9.17, 15) is 0 Å². The van der Waals surface area contributed by atoms with Crippen molar-refractivity contribution < 1.29 is 0 Å². The standard InChI is InChI=1S/C26H34N2S/c1-6-10-22(27)25-18(5)15-21(24(17(4)7-2)26(25)28-8-3)20-13-12-19-11-9-14-29-23(19)16-20/h8,10,12-13,15-17,28H,3,6-7,9,11,14,27H2,1-2,4-5H3/b22-10-. The van der Waals surface area contributed by atoms with E-state index in [1.54, 1.807) is 6.20 Å². The van der Waals surface area contributed by atoms with Gasteiger partial charge < -0.3 is 11.1 Å². The van der Waals surface area contributed by atoms with Crippen molar-refractivity contribution in [1.82, 2.24) is 0 Å². The largest absolute Gasteiger partial charge is 0.398 e. The van der Waals surface area contributed by atoms with Crippen molar-refractivity contribution in [1.29, 1.82) is 0 Å². The summed E-state index contributed by atoms with van der Waals surface area (Å²) in [6, 6.07) is 9.35. The molecule has 0 aromatic heterocycles. The van der Waals surface area contributed by atoms with Crippen molar-refractivity contribution in [3.8, 4) is 11.1 Å². The zero-order valence-corrected chi connectivity index (χ0v) is 19.1. The molecule has 3 heteroatoms. The normalized spacial score (nSPS) is 15.0. The van der Waals surface area contributed by atoms with Crippen LogP contribution in [0.15, 0.2) is 48.0 Å². The summed E-state index contributed by atoms with van der Waals surface area (Å²) in [6.45, 7) is 12.8. The zero-order valence-electron chi connectivity index (χ0n) is 18.3. The number of thioether (sulfide) groups is 1. The van der Waals surface area contributed by atoms with Crippen LogP contribution in [0, 0.1) is 6.92 Å². The average Bonchev–Trinajstić information content (AvgIpc) is 2.73. The Balaban J connectivity index is 2.29. The van der Waals surface area contributed by atoms with Crippen LogP contribution in [0.3, 0.4) is 0 Å². The summed E-state index contributed by atoms with van der Waals surface area (Å²) in [4.78, 5) is 1.44. The van der Waals surface area contributed by atoms with Crippen LogP contribution in [-0.2, 0) is 6.42 Å². The maximum Gasteiger partial charge on any atom is 0.0518 e. The number of allylic oxidation sites excluding steroid dienone is 1. The van der Waals surface area contributed by atoms with E-state index < -0.39 is 0 Å². The minimum atomic E-state index is 0.407. The second kappa shape index (κ2) is 9.58. The highest BCUT2D eigenvalue weighted by Crippen LogP contribution is 2.43. The van der Waals surface area contributed by atoms with Gasteiger partial charge in [-0.25, -0.2) is 0 Å². The predicted molar refractivity (Wildman–Crippen MR) is 131 cm³/mol. The molecule has 2 aromatic carbocycles. The Morgan fingerprint density at radius 3 is 2.79 bits per heavy atom. The third-order valence-electron chi connectivity index (χ3n) is 5.86. The zero-order chi connectivity index (χ0) is 21.0. The van der Waals surface area contributed by atoms with Gasteiger partial charge in [-0.05, 0) is 84.4 Å². The summed E-state index contributed by atoms with van der Waals surface area (Å²) in [5.41, 5.74) is 16.2. The molecular weight excluding hydrogens is 372 g/mol. The highest BCUT2D eigenvalue weighted by molar-refractivity contribution is 7.99. The molecule has 0 fully saturated rings. The molecule has 0 saturated heterocycles. The van der Waals surface area contributed by atoms with Gasteiger partial charge in [0.1, 0.15) is 0 Å². The first-order valence-electron chi connectivity index (χ1n) is 10.8. The molecule has 0 spiro atoms. The van der Waals surface area contributed by atoms with Crippen LogP contribution in [0.25, 0.3) is 16.8 Å². The van der Waals surface area contributed by atoms with Crippen molar-refractivity contribution in [2.45, 2.75) is 64.2 Å². The lowest BCUT2D eigenvalue weighted by atomic mass is 9.83. The topological polar surface area (TPSA) is 38.0 Å². The molecule has 1 heterocycles. The molecule has 1 atom stereocenters.